The fourth-order valence-electron chi connectivity index (χ4n) is 1.50. The molecular weight excluding hydrogens is 240 g/mol. The highest BCUT2D eigenvalue weighted by Gasteiger charge is 2.10. The van der Waals surface area contributed by atoms with Gasteiger partial charge in [0.1, 0.15) is 18.2 Å². The minimum Gasteiger partial charge on any atom is -0.374 e. The maximum atomic E-state index is 5.38. The third-order valence-electron chi connectivity index (χ3n) is 2.94. The molecule has 5 heteroatoms. The van der Waals surface area contributed by atoms with E-state index in [-0.39, 0.29) is 0 Å². The first-order chi connectivity index (χ1) is 9.06. The minimum absolute atomic E-state index is 0.365. The molecule has 0 aliphatic rings. The van der Waals surface area contributed by atoms with E-state index in [1.54, 1.807) is 0 Å². The third kappa shape index (κ3) is 5.42. The number of rotatable bonds is 8. The fourth-order valence-corrected chi connectivity index (χ4v) is 1.50. The van der Waals surface area contributed by atoms with Crippen molar-refractivity contribution in [3.63, 3.8) is 0 Å². The molecule has 0 bridgehead atoms. The molecule has 0 radical (unpaired) electrons. The van der Waals surface area contributed by atoms with Crippen molar-refractivity contribution < 1.29 is 4.74 Å². The second kappa shape index (κ2) is 7.94. The molecule has 0 aliphatic heterocycles. The molecule has 1 rings (SSSR count). The molecule has 0 aromatic carbocycles. The predicted molar refractivity (Wildman–Crippen MR) is 79.4 cm³/mol. The first-order valence-electron chi connectivity index (χ1n) is 7.02. The second-order valence-electron chi connectivity index (χ2n) is 4.90. The summed E-state index contributed by atoms with van der Waals surface area (Å²) in [6.45, 7) is 12.5. The topological polar surface area (TPSA) is 59.1 Å². The van der Waals surface area contributed by atoms with Gasteiger partial charge in [-0.05, 0) is 26.7 Å². The van der Waals surface area contributed by atoms with E-state index in [9.17, 15) is 0 Å². The molecule has 0 fully saturated rings. The van der Waals surface area contributed by atoms with Crippen LogP contribution < -0.4 is 10.6 Å². The van der Waals surface area contributed by atoms with Crippen molar-refractivity contribution in [3.8, 4) is 0 Å². The number of hydrogen-bond acceptors (Lipinski definition) is 5. The monoisotopic (exact) mass is 266 g/mol. The van der Waals surface area contributed by atoms with Crippen LogP contribution in [-0.2, 0) is 11.3 Å². The molecule has 2 N–H and O–H groups in total. The van der Waals surface area contributed by atoms with Gasteiger partial charge in [0.25, 0.3) is 0 Å². The van der Waals surface area contributed by atoms with Gasteiger partial charge >= 0.3 is 0 Å². The van der Waals surface area contributed by atoms with Gasteiger partial charge in [-0.25, -0.2) is 9.97 Å². The van der Waals surface area contributed by atoms with Crippen molar-refractivity contribution in [2.75, 3.05) is 23.8 Å². The average Bonchev–Trinajstić information content (AvgIpc) is 2.36. The van der Waals surface area contributed by atoms with Crippen LogP contribution in [0, 0.1) is 5.92 Å². The maximum Gasteiger partial charge on any atom is 0.158 e. The number of hydrogen-bond donors (Lipinski definition) is 2. The lowest BCUT2D eigenvalue weighted by Crippen LogP contribution is -2.22. The van der Waals surface area contributed by atoms with E-state index in [0.717, 1.165) is 18.2 Å². The Hall–Kier alpha value is -1.36. The van der Waals surface area contributed by atoms with Crippen LogP contribution in [0.2, 0.25) is 0 Å². The summed E-state index contributed by atoms with van der Waals surface area (Å²) in [5.74, 6) is 2.94. The van der Waals surface area contributed by atoms with E-state index in [4.69, 9.17) is 4.74 Å². The Bertz CT molecular complexity index is 382. The highest BCUT2D eigenvalue weighted by Crippen LogP contribution is 2.15. The van der Waals surface area contributed by atoms with E-state index < -0.39 is 0 Å². The van der Waals surface area contributed by atoms with Gasteiger partial charge < -0.3 is 15.4 Å². The molecule has 108 valence electrons. The summed E-state index contributed by atoms with van der Waals surface area (Å²) in [5, 5.41) is 6.63. The smallest absolute Gasteiger partial charge is 0.158 e. The Morgan fingerprint density at radius 3 is 2.42 bits per heavy atom. The molecule has 1 unspecified atom stereocenters. The van der Waals surface area contributed by atoms with Crippen LogP contribution >= 0.6 is 0 Å². The molecule has 0 aliphatic carbocycles. The Balaban J connectivity index is 2.85. The second-order valence-corrected chi connectivity index (χ2v) is 4.90. The molecule has 0 spiro atoms. The van der Waals surface area contributed by atoms with Crippen LogP contribution in [0.25, 0.3) is 0 Å². The summed E-state index contributed by atoms with van der Waals surface area (Å²) in [5.41, 5.74) is 0. The van der Waals surface area contributed by atoms with Crippen LogP contribution in [0.15, 0.2) is 6.07 Å². The van der Waals surface area contributed by atoms with E-state index in [0.29, 0.717) is 31.0 Å². The summed E-state index contributed by atoms with van der Waals surface area (Å²) in [4.78, 5) is 8.91. The van der Waals surface area contributed by atoms with Crippen LogP contribution in [0.4, 0.5) is 11.6 Å². The summed E-state index contributed by atoms with van der Waals surface area (Å²) in [7, 11) is 0. The summed E-state index contributed by atoms with van der Waals surface area (Å²) >= 11 is 0. The SMILES string of the molecule is CCNc1cc(NC(C)C(C)C)nc(COCC)n1. The standard InChI is InChI=1S/C14H26N4O/c1-6-15-12-8-13(16-11(5)10(3)4)18-14(17-12)9-19-7-2/h8,10-11H,6-7,9H2,1-5H3,(H2,15,16,17,18). The normalized spacial score (nSPS) is 12.5. The number of nitrogens with one attached hydrogen (secondary N) is 2. The summed E-state index contributed by atoms with van der Waals surface area (Å²) in [6, 6.07) is 2.31. The van der Waals surface area contributed by atoms with Crippen molar-refractivity contribution in [2.24, 2.45) is 5.92 Å². The summed E-state index contributed by atoms with van der Waals surface area (Å²) in [6.07, 6.45) is 0. The van der Waals surface area contributed by atoms with Gasteiger partial charge in [0, 0.05) is 25.3 Å². The zero-order chi connectivity index (χ0) is 14.3. The molecule has 19 heavy (non-hydrogen) atoms. The van der Waals surface area contributed by atoms with Gasteiger partial charge in [-0.3, -0.25) is 0 Å². The average molecular weight is 266 g/mol. The summed E-state index contributed by atoms with van der Waals surface area (Å²) < 4.78 is 5.38. The fraction of sp³-hybridized carbons (Fsp3) is 0.714. The molecular formula is C14H26N4O. The highest BCUT2D eigenvalue weighted by molar-refractivity contribution is 5.48. The Kier molecular flexibility index (Phi) is 6.56. The van der Waals surface area contributed by atoms with Crippen molar-refractivity contribution in [3.05, 3.63) is 11.9 Å². The lowest BCUT2D eigenvalue weighted by atomic mass is 10.1. The zero-order valence-electron chi connectivity index (χ0n) is 12.7. The van der Waals surface area contributed by atoms with Crippen molar-refractivity contribution >= 4 is 11.6 Å². The van der Waals surface area contributed by atoms with Crippen LogP contribution in [0.5, 0.6) is 0 Å². The molecule has 5 nitrogen and oxygen atoms in total. The molecule has 0 amide bonds. The largest absolute Gasteiger partial charge is 0.374 e. The van der Waals surface area contributed by atoms with Gasteiger partial charge in [0.2, 0.25) is 0 Å². The zero-order valence-corrected chi connectivity index (χ0v) is 12.7. The predicted octanol–water partition coefficient (Wildman–Crippen LogP) is 2.90. The van der Waals surface area contributed by atoms with Crippen molar-refractivity contribution in [1.82, 2.24) is 9.97 Å². The third-order valence-corrected chi connectivity index (χ3v) is 2.94. The molecule has 0 saturated heterocycles. The number of nitrogens with zero attached hydrogens (tertiary/aromatic N) is 2. The number of anilines is 2. The molecule has 1 aromatic rings. The Labute approximate surface area is 116 Å². The van der Waals surface area contributed by atoms with Gasteiger partial charge in [0.15, 0.2) is 5.82 Å². The molecule has 0 saturated carbocycles. The van der Waals surface area contributed by atoms with Crippen LogP contribution in [0.1, 0.15) is 40.4 Å². The lowest BCUT2D eigenvalue weighted by molar-refractivity contribution is 0.128. The maximum absolute atomic E-state index is 5.38. The lowest BCUT2D eigenvalue weighted by Gasteiger charge is -2.19. The Morgan fingerprint density at radius 2 is 1.84 bits per heavy atom. The molecule has 1 atom stereocenters. The van der Waals surface area contributed by atoms with E-state index in [1.165, 1.54) is 0 Å². The van der Waals surface area contributed by atoms with E-state index in [2.05, 4.69) is 41.4 Å². The number of aromatic nitrogens is 2. The number of ether oxygens (including phenoxy) is 1. The molecule has 1 aromatic heterocycles. The quantitative estimate of drug-likeness (QED) is 0.757. The Morgan fingerprint density at radius 1 is 1.16 bits per heavy atom. The first-order valence-corrected chi connectivity index (χ1v) is 7.02. The van der Waals surface area contributed by atoms with Crippen molar-refractivity contribution in [1.29, 1.82) is 0 Å². The minimum atomic E-state index is 0.365. The van der Waals surface area contributed by atoms with Gasteiger partial charge in [0.05, 0.1) is 0 Å². The van der Waals surface area contributed by atoms with Gasteiger partial charge in [-0.15, -0.1) is 0 Å². The van der Waals surface area contributed by atoms with Crippen LogP contribution in [-0.4, -0.2) is 29.2 Å². The van der Waals surface area contributed by atoms with Crippen molar-refractivity contribution in [2.45, 2.75) is 47.3 Å². The van der Waals surface area contributed by atoms with E-state index in [1.807, 2.05) is 19.9 Å². The van der Waals surface area contributed by atoms with E-state index >= 15 is 0 Å². The molecule has 1 heterocycles. The van der Waals surface area contributed by atoms with Crippen LogP contribution in [0.3, 0.4) is 0 Å². The highest BCUT2D eigenvalue weighted by atomic mass is 16.5. The van der Waals surface area contributed by atoms with Gasteiger partial charge in [-0.2, -0.15) is 0 Å². The first kappa shape index (κ1) is 15.7. The van der Waals surface area contributed by atoms with Gasteiger partial charge in [-0.1, -0.05) is 13.8 Å².